The van der Waals surface area contributed by atoms with Crippen LogP contribution in [0.5, 0.6) is 17.2 Å². The highest BCUT2D eigenvalue weighted by atomic mass is 19.1. The molecule has 0 fully saturated rings. The number of hydrogen-bond donors (Lipinski definition) is 2. The van der Waals surface area contributed by atoms with Crippen LogP contribution in [0.1, 0.15) is 12.0 Å². The molecule has 0 atom stereocenters. The molecule has 0 unspecified atom stereocenters. The molecule has 3 aromatic carbocycles. The van der Waals surface area contributed by atoms with Crippen molar-refractivity contribution in [1.82, 2.24) is 4.98 Å². The average Bonchev–Trinajstić information content (AvgIpc) is 3.20. The molecule has 1 amide bonds. The van der Waals surface area contributed by atoms with E-state index in [0.29, 0.717) is 29.4 Å². The molecule has 2 N–H and O–H groups in total. The van der Waals surface area contributed by atoms with Crippen molar-refractivity contribution < 1.29 is 23.4 Å². The summed E-state index contributed by atoms with van der Waals surface area (Å²) in [5, 5.41) is 3.66. The van der Waals surface area contributed by atoms with Crippen LogP contribution in [0.4, 0.5) is 10.1 Å². The average molecular weight is 448 g/mol. The van der Waals surface area contributed by atoms with Gasteiger partial charge in [0.15, 0.2) is 11.5 Å². The number of amides is 1. The number of aromatic nitrogens is 1. The van der Waals surface area contributed by atoms with Crippen LogP contribution in [-0.2, 0) is 11.2 Å². The van der Waals surface area contributed by atoms with E-state index in [2.05, 4.69) is 10.3 Å². The molecular formula is C26H25FN2O4. The molecule has 33 heavy (non-hydrogen) atoms. The molecular weight excluding hydrogens is 423 g/mol. The van der Waals surface area contributed by atoms with Gasteiger partial charge in [-0.3, -0.25) is 4.79 Å². The van der Waals surface area contributed by atoms with E-state index in [-0.39, 0.29) is 18.1 Å². The highest BCUT2D eigenvalue weighted by molar-refractivity contribution is 5.94. The number of carbonyl (C=O) groups excluding carboxylic acids is 1. The largest absolute Gasteiger partial charge is 0.493 e. The summed E-state index contributed by atoms with van der Waals surface area (Å²) in [6.07, 6.45) is 0.643. The monoisotopic (exact) mass is 448 g/mol. The Hall–Kier alpha value is -4.00. The first-order valence-electron chi connectivity index (χ1n) is 10.5. The van der Waals surface area contributed by atoms with Crippen LogP contribution >= 0.6 is 0 Å². The second kappa shape index (κ2) is 9.65. The lowest BCUT2D eigenvalue weighted by Gasteiger charge is -2.14. The zero-order valence-electron chi connectivity index (χ0n) is 18.7. The van der Waals surface area contributed by atoms with Gasteiger partial charge in [0.25, 0.3) is 0 Å². The van der Waals surface area contributed by atoms with Gasteiger partial charge in [-0.25, -0.2) is 4.39 Å². The first-order chi connectivity index (χ1) is 16.0. The van der Waals surface area contributed by atoms with E-state index in [4.69, 9.17) is 14.2 Å². The van der Waals surface area contributed by atoms with Crippen molar-refractivity contribution in [1.29, 1.82) is 0 Å². The zero-order chi connectivity index (χ0) is 23.4. The van der Waals surface area contributed by atoms with Crippen molar-refractivity contribution in [2.45, 2.75) is 12.8 Å². The fraction of sp³-hybridized carbons (Fsp3) is 0.192. The fourth-order valence-corrected chi connectivity index (χ4v) is 3.95. The van der Waals surface area contributed by atoms with Crippen molar-refractivity contribution in [3.8, 4) is 28.5 Å². The van der Waals surface area contributed by atoms with Gasteiger partial charge in [0.1, 0.15) is 5.82 Å². The van der Waals surface area contributed by atoms with E-state index >= 15 is 0 Å². The van der Waals surface area contributed by atoms with Gasteiger partial charge in [-0.15, -0.1) is 0 Å². The van der Waals surface area contributed by atoms with Crippen molar-refractivity contribution in [2.75, 3.05) is 26.6 Å². The Morgan fingerprint density at radius 3 is 2.27 bits per heavy atom. The highest BCUT2D eigenvalue weighted by Crippen LogP contribution is 2.40. The van der Waals surface area contributed by atoms with Gasteiger partial charge in [0.05, 0.1) is 21.3 Å². The molecule has 4 rings (SSSR count). The normalized spacial score (nSPS) is 10.8. The maximum Gasteiger partial charge on any atom is 0.224 e. The lowest BCUT2D eigenvalue weighted by molar-refractivity contribution is -0.116. The smallest absolute Gasteiger partial charge is 0.224 e. The Kier molecular flexibility index (Phi) is 6.49. The fourth-order valence-electron chi connectivity index (χ4n) is 3.95. The maximum atomic E-state index is 14.0. The summed E-state index contributed by atoms with van der Waals surface area (Å²) in [7, 11) is 4.56. The Labute approximate surface area is 191 Å². The van der Waals surface area contributed by atoms with Crippen LogP contribution in [0.15, 0.2) is 60.7 Å². The van der Waals surface area contributed by atoms with E-state index in [1.807, 2.05) is 30.3 Å². The summed E-state index contributed by atoms with van der Waals surface area (Å²) in [5.41, 5.74) is 4.12. The predicted molar refractivity (Wildman–Crippen MR) is 127 cm³/mol. The third kappa shape index (κ3) is 4.62. The molecule has 4 aromatic rings. The number of halogens is 1. The third-order valence-corrected chi connectivity index (χ3v) is 5.48. The van der Waals surface area contributed by atoms with Gasteiger partial charge in [-0.2, -0.15) is 0 Å². The zero-order valence-corrected chi connectivity index (χ0v) is 18.7. The number of rotatable bonds is 8. The van der Waals surface area contributed by atoms with Crippen LogP contribution in [0, 0.1) is 5.82 Å². The summed E-state index contributed by atoms with van der Waals surface area (Å²) in [4.78, 5) is 16.2. The van der Waals surface area contributed by atoms with Crippen molar-refractivity contribution in [2.24, 2.45) is 0 Å². The van der Waals surface area contributed by atoms with Crippen molar-refractivity contribution in [3.63, 3.8) is 0 Å². The van der Waals surface area contributed by atoms with E-state index < -0.39 is 0 Å². The third-order valence-electron chi connectivity index (χ3n) is 5.48. The van der Waals surface area contributed by atoms with E-state index in [1.54, 1.807) is 18.2 Å². The van der Waals surface area contributed by atoms with Crippen LogP contribution in [-0.4, -0.2) is 32.2 Å². The number of aromatic amines is 1. The Morgan fingerprint density at radius 1 is 0.939 bits per heavy atom. The standard InChI is InChI=1S/C26H25FN2O4/c1-31-22-14-18(15-23(32-2)26(22)33-3)28-24(30)12-10-19-20-13-17(27)9-11-21(20)29-25(19)16-7-5-4-6-8-16/h4-9,11,13-15,29H,10,12H2,1-3H3,(H,28,30). The molecule has 0 aliphatic heterocycles. The summed E-state index contributed by atoms with van der Waals surface area (Å²) in [6.45, 7) is 0. The molecule has 0 aliphatic carbocycles. The molecule has 6 nitrogen and oxygen atoms in total. The number of hydrogen-bond acceptors (Lipinski definition) is 4. The minimum Gasteiger partial charge on any atom is -0.493 e. The highest BCUT2D eigenvalue weighted by Gasteiger charge is 2.17. The van der Waals surface area contributed by atoms with Gasteiger partial charge in [-0.05, 0) is 35.7 Å². The van der Waals surface area contributed by atoms with E-state index in [0.717, 1.165) is 27.7 Å². The van der Waals surface area contributed by atoms with Crippen LogP contribution in [0.2, 0.25) is 0 Å². The molecule has 0 bridgehead atoms. The van der Waals surface area contributed by atoms with Crippen LogP contribution in [0.3, 0.4) is 0 Å². The minimum absolute atomic E-state index is 0.186. The summed E-state index contributed by atoms with van der Waals surface area (Å²) in [5.74, 6) is 0.848. The number of H-pyrrole nitrogens is 1. The second-order valence-electron chi connectivity index (χ2n) is 7.50. The number of benzene rings is 3. The lowest BCUT2D eigenvalue weighted by atomic mass is 10.0. The Bertz CT molecular complexity index is 1260. The Balaban J connectivity index is 1.59. The van der Waals surface area contributed by atoms with E-state index in [9.17, 15) is 9.18 Å². The molecule has 170 valence electrons. The number of ether oxygens (including phenoxy) is 3. The predicted octanol–water partition coefficient (Wildman–Crippen LogP) is 5.57. The van der Waals surface area contributed by atoms with Crippen LogP contribution < -0.4 is 19.5 Å². The van der Waals surface area contributed by atoms with Gasteiger partial charge in [0, 0.05) is 40.8 Å². The van der Waals surface area contributed by atoms with Crippen LogP contribution in [0.25, 0.3) is 22.2 Å². The molecule has 0 spiro atoms. The summed E-state index contributed by atoms with van der Waals surface area (Å²) < 4.78 is 30.0. The van der Waals surface area contributed by atoms with Crippen molar-refractivity contribution in [3.05, 3.63) is 72.0 Å². The first kappa shape index (κ1) is 22.2. The lowest BCUT2D eigenvalue weighted by Crippen LogP contribution is -2.13. The summed E-state index contributed by atoms with van der Waals surface area (Å²) in [6, 6.07) is 17.8. The molecule has 0 aliphatic rings. The molecule has 1 aromatic heterocycles. The molecule has 7 heteroatoms. The molecule has 0 saturated heterocycles. The minimum atomic E-state index is -0.316. The first-order valence-corrected chi connectivity index (χ1v) is 10.5. The molecule has 1 heterocycles. The number of methoxy groups -OCH3 is 3. The maximum absolute atomic E-state index is 14.0. The summed E-state index contributed by atoms with van der Waals surface area (Å²) >= 11 is 0. The number of nitrogens with one attached hydrogen (secondary N) is 2. The number of carbonyl (C=O) groups is 1. The van der Waals surface area contributed by atoms with Crippen molar-refractivity contribution >= 4 is 22.5 Å². The Morgan fingerprint density at radius 2 is 1.64 bits per heavy atom. The quantitative estimate of drug-likeness (QED) is 0.370. The van der Waals surface area contributed by atoms with E-state index in [1.165, 1.54) is 33.5 Å². The number of fused-ring (bicyclic) bond motifs is 1. The van der Waals surface area contributed by atoms with Gasteiger partial charge < -0.3 is 24.5 Å². The second-order valence-corrected chi connectivity index (χ2v) is 7.50. The topological polar surface area (TPSA) is 72.6 Å². The number of aryl methyl sites for hydroxylation is 1. The van der Waals surface area contributed by atoms with Gasteiger partial charge in [-0.1, -0.05) is 30.3 Å². The molecule has 0 radical (unpaired) electrons. The molecule has 0 saturated carbocycles. The van der Waals surface area contributed by atoms with Gasteiger partial charge in [0.2, 0.25) is 11.7 Å². The number of anilines is 1. The van der Waals surface area contributed by atoms with Gasteiger partial charge >= 0.3 is 0 Å². The SMILES string of the molecule is COc1cc(NC(=O)CCc2c(-c3ccccc3)[nH]c3ccc(F)cc23)cc(OC)c1OC.